The third kappa shape index (κ3) is 3.18. The molecule has 1 atom stereocenters. The van der Waals surface area contributed by atoms with Crippen LogP contribution in [0.1, 0.15) is 48.0 Å². The van der Waals surface area contributed by atoms with E-state index in [9.17, 15) is 0 Å². The summed E-state index contributed by atoms with van der Waals surface area (Å²) in [7, 11) is 0. The molecule has 2 radical (unpaired) electrons. The van der Waals surface area contributed by atoms with Crippen molar-refractivity contribution in [1.82, 2.24) is 9.80 Å². The first-order chi connectivity index (χ1) is 6.86. The summed E-state index contributed by atoms with van der Waals surface area (Å²) >= 11 is 0. The SMILES string of the molecule is CCCN1[C]N(C(C)(C)C)[C@H](C(C)C)C1. The zero-order chi connectivity index (χ0) is 11.6. The van der Waals surface area contributed by atoms with Crippen LogP contribution in [0.5, 0.6) is 0 Å². The summed E-state index contributed by atoms with van der Waals surface area (Å²) in [6, 6.07) is 0.622. The fourth-order valence-corrected chi connectivity index (χ4v) is 2.14. The van der Waals surface area contributed by atoms with Crippen molar-refractivity contribution in [1.29, 1.82) is 0 Å². The molecule has 1 heterocycles. The van der Waals surface area contributed by atoms with Crippen LogP contribution in [0.3, 0.4) is 0 Å². The van der Waals surface area contributed by atoms with Crippen molar-refractivity contribution in [3.8, 4) is 0 Å². The van der Waals surface area contributed by atoms with Gasteiger partial charge >= 0.3 is 0 Å². The van der Waals surface area contributed by atoms with E-state index in [4.69, 9.17) is 0 Å². The summed E-state index contributed by atoms with van der Waals surface area (Å²) in [6.07, 6.45) is 1.20. The van der Waals surface area contributed by atoms with Gasteiger partial charge in [-0.3, -0.25) is 9.80 Å². The Kier molecular flexibility index (Phi) is 4.19. The second-order valence-electron chi connectivity index (χ2n) is 5.90. The van der Waals surface area contributed by atoms with Gasteiger partial charge in [0.2, 0.25) is 0 Å². The standard InChI is InChI=1S/C13H26N2/c1-7-8-14-9-12(11(2)3)15(10-14)13(4,5)6/h11-12H,7-9H2,1-6H3/t12-/m0/s1. The Balaban J connectivity index is 2.68. The molecule has 2 nitrogen and oxygen atoms in total. The highest BCUT2D eigenvalue weighted by molar-refractivity contribution is 4.97. The van der Waals surface area contributed by atoms with E-state index in [1.54, 1.807) is 0 Å². The molecule has 1 saturated heterocycles. The minimum Gasteiger partial charge on any atom is -0.278 e. The average Bonchev–Trinajstić information content (AvgIpc) is 2.48. The van der Waals surface area contributed by atoms with Crippen molar-refractivity contribution in [2.45, 2.75) is 59.5 Å². The first-order valence-electron chi connectivity index (χ1n) is 6.16. The summed E-state index contributed by atoms with van der Waals surface area (Å²) in [5.41, 5.74) is 0.192. The van der Waals surface area contributed by atoms with E-state index in [0.717, 1.165) is 13.1 Å². The van der Waals surface area contributed by atoms with Gasteiger partial charge in [0.15, 0.2) is 0 Å². The molecule has 15 heavy (non-hydrogen) atoms. The zero-order valence-corrected chi connectivity index (χ0v) is 11.2. The lowest BCUT2D eigenvalue weighted by molar-refractivity contribution is 0.122. The predicted octanol–water partition coefficient (Wildman–Crippen LogP) is 2.83. The van der Waals surface area contributed by atoms with Gasteiger partial charge in [-0.25, -0.2) is 0 Å². The first kappa shape index (κ1) is 13.0. The van der Waals surface area contributed by atoms with Crippen LogP contribution in [0.15, 0.2) is 0 Å². The van der Waals surface area contributed by atoms with Crippen molar-refractivity contribution in [2.24, 2.45) is 5.92 Å². The molecule has 0 bridgehead atoms. The van der Waals surface area contributed by atoms with E-state index >= 15 is 0 Å². The maximum absolute atomic E-state index is 3.53. The summed E-state index contributed by atoms with van der Waals surface area (Å²) in [6.45, 7) is 19.5. The quantitative estimate of drug-likeness (QED) is 0.707. The van der Waals surface area contributed by atoms with Crippen molar-refractivity contribution in [3.63, 3.8) is 0 Å². The van der Waals surface area contributed by atoms with Gasteiger partial charge < -0.3 is 0 Å². The second kappa shape index (κ2) is 4.84. The summed E-state index contributed by atoms with van der Waals surface area (Å²) in [4.78, 5) is 4.75. The van der Waals surface area contributed by atoms with Crippen LogP contribution in [0.25, 0.3) is 0 Å². The van der Waals surface area contributed by atoms with Gasteiger partial charge in [0.25, 0.3) is 0 Å². The molecule has 0 spiro atoms. The van der Waals surface area contributed by atoms with E-state index < -0.39 is 0 Å². The molecular weight excluding hydrogens is 184 g/mol. The normalized spacial score (nSPS) is 25.4. The molecule has 1 aliphatic rings. The molecule has 0 unspecified atom stereocenters. The monoisotopic (exact) mass is 210 g/mol. The Bertz CT molecular complexity index is 193. The molecule has 1 aliphatic heterocycles. The summed E-state index contributed by atoms with van der Waals surface area (Å²) in [5, 5.41) is 0. The van der Waals surface area contributed by atoms with E-state index in [0.29, 0.717) is 12.0 Å². The maximum atomic E-state index is 3.53. The predicted molar refractivity (Wildman–Crippen MR) is 65.3 cm³/mol. The molecule has 88 valence electrons. The molecule has 0 aliphatic carbocycles. The molecule has 1 rings (SSSR count). The van der Waals surface area contributed by atoms with E-state index in [1.807, 2.05) is 0 Å². The lowest BCUT2D eigenvalue weighted by atomic mass is 9.98. The largest absolute Gasteiger partial charge is 0.278 e. The Morgan fingerprint density at radius 3 is 2.27 bits per heavy atom. The van der Waals surface area contributed by atoms with Crippen LogP contribution < -0.4 is 0 Å². The van der Waals surface area contributed by atoms with Gasteiger partial charge in [-0.05, 0) is 39.7 Å². The molecule has 0 saturated carbocycles. The van der Waals surface area contributed by atoms with Crippen molar-refractivity contribution < 1.29 is 0 Å². The van der Waals surface area contributed by atoms with Crippen molar-refractivity contribution in [3.05, 3.63) is 6.67 Å². The van der Waals surface area contributed by atoms with E-state index in [-0.39, 0.29) is 5.54 Å². The third-order valence-corrected chi connectivity index (χ3v) is 2.97. The molecule has 0 aromatic carbocycles. The molecule has 0 aromatic rings. The van der Waals surface area contributed by atoms with Gasteiger partial charge in [-0.2, -0.15) is 0 Å². The number of rotatable bonds is 3. The fraction of sp³-hybridized carbons (Fsp3) is 0.923. The van der Waals surface area contributed by atoms with E-state index in [2.05, 4.69) is 58.0 Å². The molecule has 0 N–H and O–H groups in total. The topological polar surface area (TPSA) is 6.48 Å². The number of nitrogens with zero attached hydrogens (tertiary/aromatic N) is 2. The molecule has 1 fully saturated rings. The third-order valence-electron chi connectivity index (χ3n) is 2.97. The molecular formula is C13H26N2. The lowest BCUT2D eigenvalue weighted by Crippen LogP contribution is -2.45. The highest BCUT2D eigenvalue weighted by Gasteiger charge is 2.39. The fourth-order valence-electron chi connectivity index (χ4n) is 2.14. The molecule has 0 aromatic heterocycles. The van der Waals surface area contributed by atoms with Crippen molar-refractivity contribution in [2.75, 3.05) is 13.1 Å². The molecule has 0 amide bonds. The van der Waals surface area contributed by atoms with Gasteiger partial charge in [0.05, 0.1) is 0 Å². The van der Waals surface area contributed by atoms with Gasteiger partial charge in [-0.1, -0.05) is 20.8 Å². The van der Waals surface area contributed by atoms with Gasteiger partial charge in [0, 0.05) is 18.1 Å². The Morgan fingerprint density at radius 1 is 1.33 bits per heavy atom. The Labute approximate surface area is 95.6 Å². The Morgan fingerprint density at radius 2 is 1.93 bits per heavy atom. The summed E-state index contributed by atoms with van der Waals surface area (Å²) < 4.78 is 0. The smallest absolute Gasteiger partial charge is 0.147 e. The minimum atomic E-state index is 0.192. The number of hydrogen-bond acceptors (Lipinski definition) is 2. The highest BCUT2D eigenvalue weighted by Crippen LogP contribution is 2.30. The minimum absolute atomic E-state index is 0.192. The second-order valence-corrected chi connectivity index (χ2v) is 5.90. The van der Waals surface area contributed by atoms with Crippen LogP contribution >= 0.6 is 0 Å². The lowest BCUT2D eigenvalue weighted by Gasteiger charge is -2.37. The average molecular weight is 210 g/mol. The molecule has 2 heteroatoms. The Hall–Kier alpha value is -0.0800. The maximum Gasteiger partial charge on any atom is 0.147 e. The van der Waals surface area contributed by atoms with Crippen LogP contribution in [0.2, 0.25) is 0 Å². The van der Waals surface area contributed by atoms with Crippen LogP contribution in [0.4, 0.5) is 0 Å². The van der Waals surface area contributed by atoms with Crippen molar-refractivity contribution >= 4 is 0 Å². The van der Waals surface area contributed by atoms with Gasteiger partial charge in [0.1, 0.15) is 6.67 Å². The summed E-state index contributed by atoms with van der Waals surface area (Å²) in [5.74, 6) is 0.693. The van der Waals surface area contributed by atoms with Crippen LogP contribution in [-0.4, -0.2) is 34.5 Å². The van der Waals surface area contributed by atoms with Crippen LogP contribution in [-0.2, 0) is 0 Å². The van der Waals surface area contributed by atoms with Crippen LogP contribution in [0, 0.1) is 12.6 Å². The van der Waals surface area contributed by atoms with E-state index in [1.165, 1.54) is 6.42 Å². The highest BCUT2D eigenvalue weighted by atomic mass is 15.4. The number of hydrogen-bond donors (Lipinski definition) is 0. The zero-order valence-electron chi connectivity index (χ0n) is 11.2. The van der Waals surface area contributed by atoms with Gasteiger partial charge in [-0.15, -0.1) is 0 Å². The first-order valence-corrected chi connectivity index (χ1v) is 6.16.